The fourth-order valence-electron chi connectivity index (χ4n) is 2.90. The molecule has 0 aromatic carbocycles. The van der Waals surface area contributed by atoms with Gasteiger partial charge in [-0.25, -0.2) is 9.97 Å². The molecule has 3 heterocycles. The summed E-state index contributed by atoms with van der Waals surface area (Å²) < 4.78 is 6.40. The molecule has 0 bridgehead atoms. The molecule has 0 spiro atoms. The first kappa shape index (κ1) is 13.3. The van der Waals surface area contributed by atoms with Crippen molar-refractivity contribution in [2.45, 2.75) is 18.9 Å². The van der Waals surface area contributed by atoms with Crippen molar-refractivity contribution in [3.63, 3.8) is 0 Å². The van der Waals surface area contributed by atoms with Gasteiger partial charge in [-0.2, -0.15) is 0 Å². The van der Waals surface area contributed by atoms with Gasteiger partial charge in [-0.05, 0) is 28.8 Å². The highest BCUT2D eigenvalue weighted by molar-refractivity contribution is 9.10. The average Bonchev–Trinajstić information content (AvgIpc) is 2.88. The molecule has 0 aliphatic carbocycles. The van der Waals surface area contributed by atoms with Crippen LogP contribution >= 0.6 is 15.9 Å². The Morgan fingerprint density at radius 1 is 1.32 bits per heavy atom. The van der Waals surface area contributed by atoms with Crippen molar-refractivity contribution in [2.24, 2.45) is 0 Å². The zero-order valence-corrected chi connectivity index (χ0v) is 12.5. The molecule has 2 aliphatic rings. The number of anilines is 1. The van der Waals surface area contributed by atoms with E-state index in [1.807, 2.05) is 6.20 Å². The summed E-state index contributed by atoms with van der Waals surface area (Å²) in [6, 6.07) is 0.560. The molecule has 0 radical (unpaired) electrons. The number of halogens is 1. The second-order valence-electron chi connectivity index (χ2n) is 5.10. The third kappa shape index (κ3) is 3.07. The predicted molar refractivity (Wildman–Crippen MR) is 77.4 cm³/mol. The van der Waals surface area contributed by atoms with Crippen LogP contribution < -0.4 is 4.90 Å². The SMILES string of the molecule is Brc1cncnc1N1CCC[C@@H]1CN1CCOCC1. The number of ether oxygens (including phenoxy) is 1. The molecular weight excluding hydrogens is 308 g/mol. The Balaban J connectivity index is 1.69. The summed E-state index contributed by atoms with van der Waals surface area (Å²) in [6.07, 6.45) is 5.94. The predicted octanol–water partition coefficient (Wildman–Crippen LogP) is 1.54. The summed E-state index contributed by atoms with van der Waals surface area (Å²) in [5.41, 5.74) is 0. The first-order valence-electron chi connectivity index (χ1n) is 6.87. The van der Waals surface area contributed by atoms with Crippen LogP contribution in [-0.2, 0) is 4.74 Å². The van der Waals surface area contributed by atoms with E-state index in [1.165, 1.54) is 12.8 Å². The van der Waals surface area contributed by atoms with Crippen LogP contribution in [0.5, 0.6) is 0 Å². The molecule has 0 unspecified atom stereocenters. The van der Waals surface area contributed by atoms with E-state index < -0.39 is 0 Å². The molecule has 2 saturated heterocycles. The van der Waals surface area contributed by atoms with Gasteiger partial charge in [0.2, 0.25) is 0 Å². The normalized spacial score (nSPS) is 24.9. The third-order valence-electron chi connectivity index (χ3n) is 3.87. The smallest absolute Gasteiger partial charge is 0.146 e. The van der Waals surface area contributed by atoms with Crippen LogP contribution in [-0.4, -0.2) is 60.3 Å². The largest absolute Gasteiger partial charge is 0.379 e. The monoisotopic (exact) mass is 326 g/mol. The summed E-state index contributed by atoms with van der Waals surface area (Å²) in [4.78, 5) is 13.4. The Labute approximate surface area is 122 Å². The van der Waals surface area contributed by atoms with Gasteiger partial charge in [-0.3, -0.25) is 4.90 Å². The molecule has 2 aliphatic heterocycles. The van der Waals surface area contributed by atoms with Crippen LogP contribution in [0.15, 0.2) is 17.0 Å². The molecular formula is C13H19BrN4O. The fraction of sp³-hybridized carbons (Fsp3) is 0.692. The van der Waals surface area contributed by atoms with Crippen LogP contribution in [0.1, 0.15) is 12.8 Å². The van der Waals surface area contributed by atoms with E-state index in [4.69, 9.17) is 4.74 Å². The van der Waals surface area contributed by atoms with Gasteiger partial charge in [0.1, 0.15) is 12.1 Å². The van der Waals surface area contributed by atoms with Crippen molar-refractivity contribution in [1.29, 1.82) is 0 Å². The second-order valence-corrected chi connectivity index (χ2v) is 5.95. The van der Waals surface area contributed by atoms with E-state index in [0.717, 1.165) is 49.7 Å². The second kappa shape index (κ2) is 6.15. The number of hydrogen-bond acceptors (Lipinski definition) is 5. The molecule has 0 saturated carbocycles. The molecule has 0 amide bonds. The lowest BCUT2D eigenvalue weighted by Crippen LogP contribution is -2.45. The standard InChI is InChI=1S/C13H19BrN4O/c14-12-8-15-10-16-13(12)18-3-1-2-11(18)9-17-4-6-19-7-5-17/h8,10-11H,1-7,9H2/t11-/m1/s1. The van der Waals surface area contributed by atoms with Gasteiger partial charge in [0.25, 0.3) is 0 Å². The maximum Gasteiger partial charge on any atom is 0.146 e. The fourth-order valence-corrected chi connectivity index (χ4v) is 3.35. The maximum atomic E-state index is 5.41. The number of aromatic nitrogens is 2. The maximum absolute atomic E-state index is 5.41. The minimum absolute atomic E-state index is 0.560. The van der Waals surface area contributed by atoms with Crippen molar-refractivity contribution >= 4 is 21.7 Å². The Kier molecular flexibility index (Phi) is 4.30. The minimum Gasteiger partial charge on any atom is -0.379 e. The summed E-state index contributed by atoms with van der Waals surface area (Å²) in [7, 11) is 0. The highest BCUT2D eigenvalue weighted by atomic mass is 79.9. The van der Waals surface area contributed by atoms with E-state index >= 15 is 0 Å². The van der Waals surface area contributed by atoms with Gasteiger partial charge in [0, 0.05) is 38.4 Å². The Hall–Kier alpha value is -0.720. The lowest BCUT2D eigenvalue weighted by Gasteiger charge is -2.33. The van der Waals surface area contributed by atoms with Crippen molar-refractivity contribution in [1.82, 2.24) is 14.9 Å². The van der Waals surface area contributed by atoms with Gasteiger partial charge in [0.15, 0.2) is 0 Å². The van der Waals surface area contributed by atoms with Crippen molar-refractivity contribution in [3.05, 3.63) is 17.0 Å². The Bertz CT molecular complexity index is 425. The van der Waals surface area contributed by atoms with Gasteiger partial charge in [0.05, 0.1) is 17.7 Å². The summed E-state index contributed by atoms with van der Waals surface area (Å²) >= 11 is 3.56. The van der Waals surface area contributed by atoms with E-state index in [9.17, 15) is 0 Å². The molecule has 3 rings (SSSR count). The van der Waals surface area contributed by atoms with Crippen LogP contribution in [0, 0.1) is 0 Å². The van der Waals surface area contributed by atoms with Gasteiger partial charge in [-0.15, -0.1) is 0 Å². The van der Waals surface area contributed by atoms with E-state index in [2.05, 4.69) is 35.7 Å². The van der Waals surface area contributed by atoms with Gasteiger partial charge < -0.3 is 9.64 Å². The van der Waals surface area contributed by atoms with Gasteiger partial charge in [-0.1, -0.05) is 0 Å². The third-order valence-corrected chi connectivity index (χ3v) is 4.43. The molecule has 1 atom stereocenters. The quantitative estimate of drug-likeness (QED) is 0.842. The number of hydrogen-bond donors (Lipinski definition) is 0. The summed E-state index contributed by atoms with van der Waals surface area (Å²) in [6.45, 7) is 6.03. The summed E-state index contributed by atoms with van der Waals surface area (Å²) in [5.74, 6) is 1.03. The van der Waals surface area contributed by atoms with Crippen molar-refractivity contribution < 1.29 is 4.74 Å². The molecule has 2 fully saturated rings. The number of nitrogens with zero attached hydrogens (tertiary/aromatic N) is 4. The zero-order chi connectivity index (χ0) is 13.1. The lowest BCUT2D eigenvalue weighted by atomic mass is 10.2. The Morgan fingerprint density at radius 3 is 2.95 bits per heavy atom. The van der Waals surface area contributed by atoms with Gasteiger partial charge >= 0.3 is 0 Å². The van der Waals surface area contributed by atoms with Crippen LogP contribution in [0.25, 0.3) is 0 Å². The molecule has 19 heavy (non-hydrogen) atoms. The van der Waals surface area contributed by atoms with Crippen molar-refractivity contribution in [2.75, 3.05) is 44.3 Å². The average molecular weight is 327 g/mol. The molecule has 1 aromatic rings. The highest BCUT2D eigenvalue weighted by Crippen LogP contribution is 2.29. The minimum atomic E-state index is 0.560. The van der Waals surface area contributed by atoms with Crippen LogP contribution in [0.3, 0.4) is 0 Å². The molecule has 5 nitrogen and oxygen atoms in total. The van der Waals surface area contributed by atoms with E-state index in [-0.39, 0.29) is 0 Å². The first-order chi connectivity index (χ1) is 9.34. The number of rotatable bonds is 3. The molecule has 0 N–H and O–H groups in total. The summed E-state index contributed by atoms with van der Waals surface area (Å²) in [5, 5.41) is 0. The Morgan fingerprint density at radius 2 is 2.16 bits per heavy atom. The lowest BCUT2D eigenvalue weighted by molar-refractivity contribution is 0.0354. The topological polar surface area (TPSA) is 41.5 Å². The van der Waals surface area contributed by atoms with E-state index in [0.29, 0.717) is 6.04 Å². The number of morpholine rings is 1. The van der Waals surface area contributed by atoms with Crippen LogP contribution in [0.2, 0.25) is 0 Å². The van der Waals surface area contributed by atoms with Crippen LogP contribution in [0.4, 0.5) is 5.82 Å². The van der Waals surface area contributed by atoms with E-state index in [1.54, 1.807) is 6.33 Å². The molecule has 1 aromatic heterocycles. The molecule has 104 valence electrons. The zero-order valence-electron chi connectivity index (χ0n) is 11.0. The highest BCUT2D eigenvalue weighted by Gasteiger charge is 2.29. The molecule has 6 heteroatoms. The first-order valence-corrected chi connectivity index (χ1v) is 7.66. The van der Waals surface area contributed by atoms with Crippen molar-refractivity contribution in [3.8, 4) is 0 Å².